The molecule has 4 atom stereocenters. The van der Waals surface area contributed by atoms with Crippen molar-refractivity contribution < 1.29 is 32.3 Å². The van der Waals surface area contributed by atoms with Crippen LogP contribution in [0.2, 0.25) is 0 Å². The molecule has 1 spiro atoms. The molecule has 43 heavy (non-hydrogen) atoms. The Kier molecular flexibility index (Phi) is 8.58. The first kappa shape index (κ1) is 31.5. The second-order valence-corrected chi connectivity index (χ2v) is 12.4. The highest BCUT2D eigenvalue weighted by Gasteiger charge is 2.59. The molecule has 1 fully saturated rings. The largest absolute Gasteiger partial charge is 0.344 e. The van der Waals surface area contributed by atoms with Gasteiger partial charge < -0.3 is 15.5 Å². The van der Waals surface area contributed by atoms with Crippen LogP contribution in [0.15, 0.2) is 36.4 Å². The summed E-state index contributed by atoms with van der Waals surface area (Å²) in [6, 6.07) is 5.56. The first-order chi connectivity index (χ1) is 20.1. The number of carbonyl (C=O) groups excluding carboxylic acids is 4. The third-order valence-electron chi connectivity index (χ3n) is 7.98. The number of carbonyl (C=O) groups is 4. The lowest BCUT2D eigenvalue weighted by Gasteiger charge is -2.36. The van der Waals surface area contributed by atoms with Gasteiger partial charge in [-0.1, -0.05) is 39.0 Å². The number of amides is 4. The van der Waals surface area contributed by atoms with E-state index in [2.05, 4.69) is 15.5 Å². The number of benzene rings is 2. The number of nitrogens with zero attached hydrogens (tertiary/aromatic N) is 3. The zero-order chi connectivity index (χ0) is 31.9. The minimum Gasteiger partial charge on any atom is -0.344 e. The Labute approximate surface area is 248 Å². The van der Waals surface area contributed by atoms with E-state index >= 15 is 0 Å². The predicted octanol–water partition coefficient (Wildman–Crippen LogP) is 3.78. The van der Waals surface area contributed by atoms with Crippen LogP contribution in [0.4, 0.5) is 18.9 Å². The second kappa shape index (κ2) is 11.7. The molecule has 4 amide bonds. The van der Waals surface area contributed by atoms with Gasteiger partial charge in [-0.3, -0.25) is 28.9 Å². The van der Waals surface area contributed by atoms with E-state index in [4.69, 9.17) is 6.57 Å². The van der Waals surface area contributed by atoms with Crippen LogP contribution in [-0.2, 0) is 31.0 Å². The molecule has 0 radical (unpaired) electrons. The van der Waals surface area contributed by atoms with Crippen molar-refractivity contribution in [2.24, 2.45) is 5.41 Å². The van der Waals surface area contributed by atoms with Gasteiger partial charge in [0.1, 0.15) is 23.3 Å². The molecule has 0 bridgehead atoms. The van der Waals surface area contributed by atoms with Crippen LogP contribution in [0, 0.1) is 29.4 Å². The van der Waals surface area contributed by atoms with E-state index in [-0.39, 0.29) is 30.9 Å². The first-order valence-electron chi connectivity index (χ1n) is 13.8. The molecule has 2 N–H and O–H groups in total. The third kappa shape index (κ3) is 6.21. The molecule has 12 heteroatoms. The summed E-state index contributed by atoms with van der Waals surface area (Å²) >= 11 is 0. The van der Waals surface area contributed by atoms with Crippen LogP contribution in [0.1, 0.15) is 51.7 Å². The highest BCUT2D eigenvalue weighted by atomic mass is 19.2. The van der Waals surface area contributed by atoms with Crippen molar-refractivity contribution >= 4 is 29.3 Å². The molecule has 228 valence electrons. The Morgan fingerprint density at radius 3 is 2.44 bits per heavy atom. The summed E-state index contributed by atoms with van der Waals surface area (Å²) in [7, 11) is 1.36. The molecule has 2 heterocycles. The normalized spacial score (nSPS) is 20.7. The molecular weight excluding hydrogens is 563 g/mol. The minimum absolute atomic E-state index is 0.0698. The maximum atomic E-state index is 14.5. The molecule has 0 unspecified atom stereocenters. The number of nitrogens with one attached hydrogen (secondary N) is 2. The lowest BCUT2D eigenvalue weighted by atomic mass is 9.80. The van der Waals surface area contributed by atoms with Gasteiger partial charge in [-0.05, 0) is 35.1 Å². The van der Waals surface area contributed by atoms with E-state index in [1.54, 1.807) is 24.3 Å². The molecule has 0 aromatic heterocycles. The van der Waals surface area contributed by atoms with Gasteiger partial charge in [0.25, 0.3) is 5.91 Å². The molecule has 9 nitrogen and oxygen atoms in total. The zero-order valence-corrected chi connectivity index (χ0v) is 24.6. The Balaban J connectivity index is 1.67. The van der Waals surface area contributed by atoms with Gasteiger partial charge in [0.05, 0.1) is 6.42 Å². The fourth-order valence-electron chi connectivity index (χ4n) is 5.90. The van der Waals surface area contributed by atoms with Crippen LogP contribution >= 0.6 is 0 Å². The topological polar surface area (TPSA) is 103 Å². The molecule has 4 rings (SSSR count). The minimum atomic E-state index is -1.41. The Morgan fingerprint density at radius 1 is 1.16 bits per heavy atom. The molecular formula is C31H34F3N5O4. The summed E-state index contributed by atoms with van der Waals surface area (Å²) in [5.74, 6) is -6.06. The van der Waals surface area contributed by atoms with Crippen molar-refractivity contribution in [3.63, 3.8) is 0 Å². The quantitative estimate of drug-likeness (QED) is 0.375. The van der Waals surface area contributed by atoms with Gasteiger partial charge >= 0.3 is 6.17 Å². The number of hydrogen-bond donors (Lipinski definition) is 2. The highest BCUT2D eigenvalue weighted by molar-refractivity contribution is 6.07. The number of hydrogen-bond acceptors (Lipinski definition) is 4. The number of halogens is 3. The SMILES string of the molecule is [C-]#[N+][C@@H]1C[C@@]2(CN1C(=O)[C@H](CC(C)(C)C)N(C)C(=O)[C@@H](Cc1cc(F)c(F)cc1F)NC(C)=O)C(=O)Nc1ccccc12. The maximum Gasteiger partial charge on any atom is 0.302 e. The van der Waals surface area contributed by atoms with Gasteiger partial charge in [-0.15, -0.1) is 0 Å². The van der Waals surface area contributed by atoms with Crippen molar-refractivity contribution in [2.75, 3.05) is 18.9 Å². The van der Waals surface area contributed by atoms with Gasteiger partial charge in [0.2, 0.25) is 17.7 Å². The second-order valence-electron chi connectivity index (χ2n) is 12.4. The van der Waals surface area contributed by atoms with Crippen LogP contribution < -0.4 is 10.6 Å². The summed E-state index contributed by atoms with van der Waals surface area (Å²) in [6.07, 6.45) is -1.25. The van der Waals surface area contributed by atoms with Crippen molar-refractivity contribution in [3.05, 3.63) is 76.4 Å². The zero-order valence-electron chi connectivity index (χ0n) is 24.6. The van der Waals surface area contributed by atoms with Crippen molar-refractivity contribution in [1.82, 2.24) is 15.1 Å². The smallest absolute Gasteiger partial charge is 0.302 e. The average Bonchev–Trinajstić information content (AvgIpc) is 3.45. The van der Waals surface area contributed by atoms with E-state index < -0.39 is 70.7 Å². The molecule has 0 aliphatic carbocycles. The standard InChI is InChI=1S/C31H34F3N5O4/c1-17(40)36-24(12-18-11-21(33)22(34)13-20(18)32)27(41)38(6)25(14-30(2,3)4)28(42)39-16-31(15-26(39)35-5)19-9-7-8-10-23(19)37-29(31)43/h7-11,13,24-26H,12,14-16H2,1-4,6H3,(H,36,40)(H,37,43)/t24-,25+,26+,31+/m1/s1. The lowest BCUT2D eigenvalue weighted by molar-refractivity contribution is -0.147. The van der Waals surface area contributed by atoms with Crippen molar-refractivity contribution in [2.45, 2.75) is 70.6 Å². The van der Waals surface area contributed by atoms with Crippen LogP contribution in [-0.4, -0.2) is 65.3 Å². The molecule has 1 saturated heterocycles. The van der Waals surface area contributed by atoms with E-state index in [0.29, 0.717) is 23.4 Å². The Hall–Kier alpha value is -4.40. The number of rotatable bonds is 7. The van der Waals surface area contributed by atoms with E-state index in [0.717, 1.165) is 11.8 Å². The van der Waals surface area contributed by atoms with Gasteiger partial charge in [0, 0.05) is 38.7 Å². The monoisotopic (exact) mass is 597 g/mol. The third-order valence-corrected chi connectivity index (χ3v) is 7.98. The number of anilines is 1. The van der Waals surface area contributed by atoms with Gasteiger partial charge in [-0.2, -0.15) is 0 Å². The Morgan fingerprint density at radius 2 is 1.81 bits per heavy atom. The number of fused-ring (bicyclic) bond motifs is 2. The summed E-state index contributed by atoms with van der Waals surface area (Å²) in [5.41, 5.74) is -0.642. The van der Waals surface area contributed by atoms with E-state index in [1.165, 1.54) is 11.9 Å². The highest BCUT2D eigenvalue weighted by Crippen LogP contribution is 2.47. The summed E-state index contributed by atoms with van der Waals surface area (Å²) < 4.78 is 41.9. The van der Waals surface area contributed by atoms with Crippen LogP contribution in [0.25, 0.3) is 4.85 Å². The van der Waals surface area contributed by atoms with Gasteiger partial charge in [-0.25, -0.2) is 19.7 Å². The maximum absolute atomic E-state index is 14.5. The van der Waals surface area contributed by atoms with Crippen molar-refractivity contribution in [1.29, 1.82) is 0 Å². The summed E-state index contributed by atoms with van der Waals surface area (Å²) in [4.78, 5) is 59.5. The summed E-state index contributed by atoms with van der Waals surface area (Å²) in [5, 5.41) is 5.28. The first-order valence-corrected chi connectivity index (χ1v) is 13.8. The number of para-hydroxylation sites is 1. The average molecular weight is 598 g/mol. The van der Waals surface area contributed by atoms with Crippen LogP contribution in [0.5, 0.6) is 0 Å². The number of likely N-dealkylation sites (N-methyl/N-ethyl adjacent to an activating group) is 1. The molecule has 0 saturated carbocycles. The van der Waals surface area contributed by atoms with E-state index in [1.807, 2.05) is 20.8 Å². The molecule has 2 aliphatic rings. The van der Waals surface area contributed by atoms with Crippen LogP contribution in [0.3, 0.4) is 0 Å². The molecule has 2 aliphatic heterocycles. The molecule has 2 aromatic carbocycles. The fraction of sp³-hybridized carbons (Fsp3) is 0.452. The predicted molar refractivity (Wildman–Crippen MR) is 152 cm³/mol. The fourth-order valence-corrected chi connectivity index (χ4v) is 5.90. The summed E-state index contributed by atoms with van der Waals surface area (Å²) in [6.45, 7) is 14.5. The van der Waals surface area contributed by atoms with Gasteiger partial charge in [0.15, 0.2) is 11.6 Å². The number of likely N-dealkylation sites (tertiary alicyclic amines) is 1. The van der Waals surface area contributed by atoms with Crippen molar-refractivity contribution in [3.8, 4) is 0 Å². The van der Waals surface area contributed by atoms with E-state index in [9.17, 15) is 32.3 Å². The lowest BCUT2D eigenvalue weighted by Crippen LogP contribution is -2.57. The molecule has 2 aromatic rings. The Bertz CT molecular complexity index is 1520.